The maximum atomic E-state index is 4.85. The van der Waals surface area contributed by atoms with Gasteiger partial charge in [0.05, 0.1) is 27.6 Å². The van der Waals surface area contributed by atoms with Crippen LogP contribution in [0.4, 0.5) is 5.13 Å². The number of thiazole rings is 1. The number of hydrogen-bond acceptors (Lipinski definition) is 4. The van der Waals surface area contributed by atoms with Gasteiger partial charge in [-0.05, 0) is 54.5 Å². The van der Waals surface area contributed by atoms with E-state index in [2.05, 4.69) is 51.3 Å². The summed E-state index contributed by atoms with van der Waals surface area (Å²) in [5.74, 6) is 0. The Kier molecular flexibility index (Phi) is 3.73. The zero-order chi connectivity index (χ0) is 18.6. The Morgan fingerprint density at radius 3 is 2.89 bits per heavy atom. The van der Waals surface area contributed by atoms with Crippen molar-refractivity contribution in [1.29, 1.82) is 0 Å². The van der Waals surface area contributed by atoms with Gasteiger partial charge in [0.15, 0.2) is 5.13 Å². The average Bonchev–Trinajstić information content (AvgIpc) is 3.06. The van der Waals surface area contributed by atoms with Crippen molar-refractivity contribution in [2.45, 2.75) is 51.1 Å². The predicted molar refractivity (Wildman–Crippen MR) is 116 cm³/mol. The van der Waals surface area contributed by atoms with Crippen LogP contribution in [-0.2, 0) is 6.54 Å². The molecule has 2 heterocycles. The van der Waals surface area contributed by atoms with Crippen molar-refractivity contribution in [3.8, 4) is 0 Å². The number of benzene rings is 2. The van der Waals surface area contributed by atoms with Crippen LogP contribution in [0.15, 0.2) is 48.8 Å². The summed E-state index contributed by atoms with van der Waals surface area (Å²) in [4.78, 5) is 9.35. The first-order valence-corrected chi connectivity index (χ1v) is 11.2. The molecule has 2 saturated carbocycles. The maximum absolute atomic E-state index is 4.85. The van der Waals surface area contributed by atoms with Crippen LogP contribution in [0, 0.1) is 5.41 Å². The van der Waals surface area contributed by atoms with Gasteiger partial charge in [0.25, 0.3) is 0 Å². The van der Waals surface area contributed by atoms with Gasteiger partial charge in [-0.15, -0.1) is 0 Å². The Labute approximate surface area is 168 Å². The number of nitrogens with zero attached hydrogens (tertiary/aromatic N) is 3. The summed E-state index contributed by atoms with van der Waals surface area (Å²) in [7, 11) is 0. The molecule has 1 spiro atoms. The van der Waals surface area contributed by atoms with E-state index < -0.39 is 0 Å². The number of anilines is 1. The Balaban J connectivity index is 1.22. The van der Waals surface area contributed by atoms with E-state index in [0.717, 1.165) is 22.7 Å². The molecule has 0 radical (unpaired) electrons. The molecular weight excluding hydrogens is 364 g/mol. The Morgan fingerprint density at radius 2 is 1.96 bits per heavy atom. The first-order valence-electron chi connectivity index (χ1n) is 10.4. The van der Waals surface area contributed by atoms with Crippen molar-refractivity contribution in [1.82, 2.24) is 14.5 Å². The molecule has 2 aliphatic carbocycles. The van der Waals surface area contributed by atoms with E-state index in [9.17, 15) is 0 Å². The Hall–Kier alpha value is -2.40. The normalized spacial score (nSPS) is 20.8. The van der Waals surface area contributed by atoms with Crippen molar-refractivity contribution < 1.29 is 0 Å². The molecule has 0 bridgehead atoms. The smallest absolute Gasteiger partial charge is 0.184 e. The molecule has 2 aromatic heterocycles. The fourth-order valence-electron chi connectivity index (χ4n) is 4.97. The van der Waals surface area contributed by atoms with Gasteiger partial charge in [0.2, 0.25) is 0 Å². The quantitative estimate of drug-likeness (QED) is 0.478. The van der Waals surface area contributed by atoms with Crippen LogP contribution in [0.5, 0.6) is 0 Å². The minimum absolute atomic E-state index is 0.587. The molecule has 2 aromatic carbocycles. The number of para-hydroxylation sites is 2. The van der Waals surface area contributed by atoms with Gasteiger partial charge < -0.3 is 9.88 Å². The van der Waals surface area contributed by atoms with Crippen LogP contribution in [-0.4, -0.2) is 20.6 Å². The van der Waals surface area contributed by atoms with Gasteiger partial charge >= 0.3 is 0 Å². The number of rotatable bonds is 4. The summed E-state index contributed by atoms with van der Waals surface area (Å²) < 4.78 is 3.48. The van der Waals surface area contributed by atoms with Crippen molar-refractivity contribution in [3.63, 3.8) is 0 Å². The summed E-state index contributed by atoms with van der Waals surface area (Å²) in [6, 6.07) is 15.6. The minimum atomic E-state index is 0.587. The lowest BCUT2D eigenvalue weighted by molar-refractivity contribution is 0.330. The second kappa shape index (κ2) is 6.31. The Bertz CT molecular complexity index is 1150. The van der Waals surface area contributed by atoms with Gasteiger partial charge in [-0.3, -0.25) is 0 Å². The fourth-order valence-corrected chi connectivity index (χ4v) is 5.95. The standard InChI is InChI=1S/C23H24N4S/c1-4-10-23(11-5-1)13-21(23)26-22-25-18-9-8-16(12-20(18)28-22)14-27-15-24-17-6-2-3-7-19(17)27/h2-3,6-9,12,15,21H,1,4-5,10-11,13-14H2,(H,25,26)/t21-/m1/s1. The van der Waals surface area contributed by atoms with Gasteiger partial charge in [-0.2, -0.15) is 0 Å². The lowest BCUT2D eigenvalue weighted by Crippen LogP contribution is -2.17. The van der Waals surface area contributed by atoms with Crippen LogP contribution < -0.4 is 5.32 Å². The van der Waals surface area contributed by atoms with Crippen LogP contribution in [0.1, 0.15) is 44.1 Å². The highest BCUT2D eigenvalue weighted by Crippen LogP contribution is 2.57. The minimum Gasteiger partial charge on any atom is -0.358 e. The topological polar surface area (TPSA) is 42.7 Å². The van der Waals surface area contributed by atoms with E-state index in [1.165, 1.54) is 54.3 Å². The SMILES string of the molecule is c1ccc2c(c1)ncn2Cc1ccc2nc(N[C@@H]3CC34CCCCC4)sc2c1. The molecule has 5 heteroatoms. The van der Waals surface area contributed by atoms with Crippen molar-refractivity contribution in [3.05, 3.63) is 54.4 Å². The monoisotopic (exact) mass is 388 g/mol. The largest absolute Gasteiger partial charge is 0.358 e. The van der Waals surface area contributed by atoms with E-state index in [1.807, 2.05) is 12.4 Å². The van der Waals surface area contributed by atoms with E-state index in [1.54, 1.807) is 11.3 Å². The number of aromatic nitrogens is 3. The van der Waals surface area contributed by atoms with E-state index in [4.69, 9.17) is 4.98 Å². The van der Waals surface area contributed by atoms with E-state index >= 15 is 0 Å². The lowest BCUT2D eigenvalue weighted by Gasteiger charge is -2.22. The second-order valence-corrected chi connectivity index (χ2v) is 9.54. The van der Waals surface area contributed by atoms with Crippen LogP contribution in [0.3, 0.4) is 0 Å². The maximum Gasteiger partial charge on any atom is 0.184 e. The fraction of sp³-hybridized carbons (Fsp3) is 0.391. The third-order valence-electron chi connectivity index (χ3n) is 6.67. The first-order chi connectivity index (χ1) is 13.8. The molecule has 4 aromatic rings. The van der Waals surface area contributed by atoms with Crippen molar-refractivity contribution >= 4 is 37.7 Å². The highest BCUT2D eigenvalue weighted by Gasteiger charge is 2.54. The molecule has 0 aliphatic heterocycles. The van der Waals surface area contributed by atoms with Crippen molar-refractivity contribution in [2.24, 2.45) is 5.41 Å². The van der Waals surface area contributed by atoms with Crippen molar-refractivity contribution in [2.75, 3.05) is 5.32 Å². The van der Waals surface area contributed by atoms with Gasteiger partial charge in [-0.25, -0.2) is 9.97 Å². The third kappa shape index (κ3) is 2.80. The molecule has 28 heavy (non-hydrogen) atoms. The molecule has 142 valence electrons. The molecule has 0 amide bonds. The summed E-state index contributed by atoms with van der Waals surface area (Å²) >= 11 is 1.80. The molecule has 1 N–H and O–H groups in total. The summed E-state index contributed by atoms with van der Waals surface area (Å²) in [6.45, 7) is 0.836. The predicted octanol–water partition coefficient (Wildman–Crippen LogP) is 5.83. The summed E-state index contributed by atoms with van der Waals surface area (Å²) in [5.41, 5.74) is 5.21. The lowest BCUT2D eigenvalue weighted by atomic mass is 9.86. The molecule has 6 rings (SSSR count). The zero-order valence-electron chi connectivity index (χ0n) is 15.9. The molecule has 0 unspecified atom stereocenters. The molecular formula is C23H24N4S. The average molecular weight is 389 g/mol. The number of nitrogens with one attached hydrogen (secondary N) is 1. The second-order valence-electron chi connectivity index (χ2n) is 8.51. The first kappa shape index (κ1) is 16.5. The molecule has 0 saturated heterocycles. The van der Waals surface area contributed by atoms with E-state index in [-0.39, 0.29) is 0 Å². The van der Waals surface area contributed by atoms with Gasteiger partial charge in [0, 0.05) is 12.6 Å². The van der Waals surface area contributed by atoms with Crippen LogP contribution in [0.25, 0.3) is 21.3 Å². The van der Waals surface area contributed by atoms with Crippen LogP contribution in [0.2, 0.25) is 0 Å². The van der Waals surface area contributed by atoms with E-state index in [0.29, 0.717) is 11.5 Å². The third-order valence-corrected chi connectivity index (χ3v) is 7.62. The molecule has 2 aliphatic rings. The zero-order valence-corrected chi connectivity index (χ0v) is 16.7. The van der Waals surface area contributed by atoms with Gasteiger partial charge in [-0.1, -0.05) is 48.8 Å². The highest BCUT2D eigenvalue weighted by molar-refractivity contribution is 7.22. The number of imidazole rings is 1. The highest BCUT2D eigenvalue weighted by atomic mass is 32.1. The van der Waals surface area contributed by atoms with Gasteiger partial charge in [0.1, 0.15) is 0 Å². The summed E-state index contributed by atoms with van der Waals surface area (Å²) in [5, 5.41) is 4.84. The summed E-state index contributed by atoms with van der Waals surface area (Å²) in [6.07, 6.45) is 10.3. The molecule has 4 nitrogen and oxygen atoms in total. The number of hydrogen-bond donors (Lipinski definition) is 1. The molecule has 2 fully saturated rings. The number of fused-ring (bicyclic) bond motifs is 2. The van der Waals surface area contributed by atoms with Crippen LogP contribution >= 0.6 is 11.3 Å². The molecule has 1 atom stereocenters. The Morgan fingerprint density at radius 1 is 1.07 bits per heavy atom.